The first-order chi connectivity index (χ1) is 15.2. The van der Waals surface area contributed by atoms with Crippen molar-refractivity contribution in [2.45, 2.75) is 33.3 Å². The number of piperazine rings is 1. The summed E-state index contributed by atoms with van der Waals surface area (Å²) in [6, 6.07) is 2.94. The molecule has 0 spiro atoms. The predicted molar refractivity (Wildman–Crippen MR) is 124 cm³/mol. The van der Waals surface area contributed by atoms with E-state index in [0.29, 0.717) is 23.7 Å². The topological polar surface area (TPSA) is 97.5 Å². The molecule has 1 heterocycles. The fraction of sp³-hybridized carbons (Fsp3) is 0.545. The molecule has 0 bridgehead atoms. The van der Waals surface area contributed by atoms with E-state index in [0.717, 1.165) is 31.9 Å². The average molecular weight is 470 g/mol. The molecule has 0 radical (unpaired) electrons. The van der Waals surface area contributed by atoms with Crippen LogP contribution in [-0.4, -0.2) is 72.9 Å². The zero-order chi connectivity index (χ0) is 23.8. The smallest absolute Gasteiger partial charge is 0.318 e. The molecule has 10 heteroatoms. The van der Waals surface area contributed by atoms with Crippen LogP contribution in [0.2, 0.25) is 0 Å². The summed E-state index contributed by atoms with van der Waals surface area (Å²) >= 11 is 6.34. The number of aliphatic hydroxyl groups excluding tert-OH is 1. The van der Waals surface area contributed by atoms with E-state index < -0.39 is 4.92 Å². The van der Waals surface area contributed by atoms with Crippen molar-refractivity contribution in [3.63, 3.8) is 0 Å². The minimum atomic E-state index is -0.521. The second-order valence-corrected chi connectivity index (χ2v) is 7.82. The Morgan fingerprint density at radius 3 is 2.44 bits per heavy atom. The van der Waals surface area contributed by atoms with Gasteiger partial charge >= 0.3 is 5.69 Å². The van der Waals surface area contributed by atoms with Gasteiger partial charge in [-0.2, -0.15) is 0 Å². The van der Waals surface area contributed by atoms with Gasteiger partial charge in [-0.15, -0.1) is 0 Å². The Labute approximate surface area is 193 Å². The number of nitro benzene ring substituents is 1. The first kappa shape index (κ1) is 25.6. The maximum atomic E-state index is 11.4. The summed E-state index contributed by atoms with van der Waals surface area (Å²) in [7, 11) is 2.79. The molecule has 1 aliphatic heterocycles. The van der Waals surface area contributed by atoms with Gasteiger partial charge in [0.1, 0.15) is 22.6 Å². The maximum Gasteiger partial charge on any atom is 0.318 e. The Balaban J connectivity index is 2.00. The molecule has 32 heavy (non-hydrogen) atoms. The van der Waals surface area contributed by atoms with Crippen molar-refractivity contribution in [1.82, 2.24) is 9.80 Å². The van der Waals surface area contributed by atoms with Crippen molar-refractivity contribution in [1.29, 1.82) is 0 Å². The quantitative estimate of drug-likeness (QED) is 0.234. The molecule has 0 aliphatic carbocycles. The van der Waals surface area contributed by atoms with Crippen LogP contribution in [0, 0.1) is 10.1 Å². The molecule has 1 saturated heterocycles. The van der Waals surface area contributed by atoms with Crippen LogP contribution < -0.4 is 14.2 Å². The lowest BCUT2D eigenvalue weighted by atomic mass is 10.2. The molecule has 0 aromatic heterocycles. The Bertz CT molecular complexity index is 865. The molecular weight excluding hydrogens is 438 g/mol. The molecular formula is C22H32ClN3O6. The highest BCUT2D eigenvalue weighted by Crippen LogP contribution is 2.40. The summed E-state index contributed by atoms with van der Waals surface area (Å²) in [6.45, 7) is 9.48. The number of methoxy groups -OCH3 is 2. The zero-order valence-corrected chi connectivity index (χ0v) is 20.0. The lowest BCUT2D eigenvalue weighted by molar-refractivity contribution is -0.385. The summed E-state index contributed by atoms with van der Waals surface area (Å²) in [4.78, 5) is 15.3. The van der Waals surface area contributed by atoms with Crippen molar-refractivity contribution in [2.75, 3.05) is 46.9 Å². The molecule has 1 aromatic carbocycles. The third kappa shape index (κ3) is 6.20. The number of halogens is 1. The number of nitro groups is 1. The number of hydrogen-bond acceptors (Lipinski definition) is 8. The summed E-state index contributed by atoms with van der Waals surface area (Å²) in [5.74, 6) is 0.851. The first-order valence-corrected chi connectivity index (χ1v) is 10.9. The van der Waals surface area contributed by atoms with Gasteiger partial charge in [-0.25, -0.2) is 0 Å². The number of allylic oxidation sites excluding steroid dienone is 3. The summed E-state index contributed by atoms with van der Waals surface area (Å²) < 4.78 is 16.3. The first-order valence-electron chi connectivity index (χ1n) is 10.5. The fourth-order valence-electron chi connectivity index (χ4n) is 3.68. The molecule has 1 fully saturated rings. The van der Waals surface area contributed by atoms with Gasteiger partial charge in [-0.1, -0.05) is 24.6 Å². The van der Waals surface area contributed by atoms with Gasteiger partial charge in [0.2, 0.25) is 5.75 Å². The molecule has 0 saturated carbocycles. The van der Waals surface area contributed by atoms with Gasteiger partial charge in [0.15, 0.2) is 5.75 Å². The highest BCUT2D eigenvalue weighted by atomic mass is 35.5. The summed E-state index contributed by atoms with van der Waals surface area (Å²) in [5, 5.41) is 21.8. The minimum absolute atomic E-state index is 0.0650. The van der Waals surface area contributed by atoms with Crippen LogP contribution in [-0.2, 0) is 0 Å². The number of aliphatic hydroxyl groups is 1. The SMILES string of the molecule is C/C=C(\C(Cl)=C(\O)CC)N1CCN(CC(C)Oc2cc(OC)c(OC)c([N+](=O)[O-])c2)CC1. The zero-order valence-electron chi connectivity index (χ0n) is 19.3. The maximum absolute atomic E-state index is 11.4. The Morgan fingerprint density at radius 2 is 1.94 bits per heavy atom. The largest absolute Gasteiger partial charge is 0.511 e. The van der Waals surface area contributed by atoms with Gasteiger partial charge < -0.3 is 24.2 Å². The highest BCUT2D eigenvalue weighted by Gasteiger charge is 2.25. The van der Waals surface area contributed by atoms with Gasteiger partial charge in [-0.05, 0) is 13.8 Å². The van der Waals surface area contributed by atoms with Crippen LogP contribution in [0.3, 0.4) is 0 Å². The Morgan fingerprint density at radius 1 is 1.28 bits per heavy atom. The van der Waals surface area contributed by atoms with Crippen molar-refractivity contribution in [3.8, 4) is 17.2 Å². The number of ether oxygens (including phenoxy) is 3. The van der Waals surface area contributed by atoms with Crippen LogP contribution in [0.1, 0.15) is 27.2 Å². The van der Waals surface area contributed by atoms with Crippen LogP contribution in [0.5, 0.6) is 17.2 Å². The van der Waals surface area contributed by atoms with Crippen LogP contribution in [0.4, 0.5) is 5.69 Å². The monoisotopic (exact) mass is 469 g/mol. The van der Waals surface area contributed by atoms with Crippen molar-refractivity contribution < 1.29 is 24.2 Å². The second kappa shape index (κ2) is 11.8. The summed E-state index contributed by atoms with van der Waals surface area (Å²) in [5.41, 5.74) is 0.634. The number of nitrogens with zero attached hydrogens (tertiary/aromatic N) is 3. The van der Waals surface area contributed by atoms with E-state index in [4.69, 9.17) is 25.8 Å². The second-order valence-electron chi connectivity index (χ2n) is 7.44. The fourth-order valence-corrected chi connectivity index (χ4v) is 4.04. The molecule has 1 aromatic rings. The molecule has 1 N–H and O–H groups in total. The van der Waals surface area contributed by atoms with Gasteiger partial charge in [0.05, 0.1) is 30.9 Å². The molecule has 0 amide bonds. The van der Waals surface area contributed by atoms with E-state index in [-0.39, 0.29) is 29.0 Å². The Kier molecular flexibility index (Phi) is 9.46. The van der Waals surface area contributed by atoms with Crippen molar-refractivity contribution in [2.24, 2.45) is 0 Å². The van der Waals surface area contributed by atoms with Gasteiger partial charge in [0, 0.05) is 45.2 Å². The minimum Gasteiger partial charge on any atom is -0.511 e. The Hall–Kier alpha value is -2.65. The van der Waals surface area contributed by atoms with Gasteiger partial charge in [0.25, 0.3) is 0 Å². The number of hydrogen-bond donors (Lipinski definition) is 1. The third-order valence-corrected chi connectivity index (χ3v) is 5.69. The lowest BCUT2D eigenvalue weighted by Crippen LogP contribution is -2.48. The molecule has 2 rings (SSSR count). The lowest BCUT2D eigenvalue weighted by Gasteiger charge is -2.38. The van der Waals surface area contributed by atoms with Crippen LogP contribution >= 0.6 is 11.6 Å². The summed E-state index contributed by atoms with van der Waals surface area (Å²) in [6.07, 6.45) is 2.20. The van der Waals surface area contributed by atoms with Crippen molar-refractivity contribution >= 4 is 17.3 Å². The van der Waals surface area contributed by atoms with Crippen molar-refractivity contribution in [3.05, 3.63) is 44.8 Å². The van der Waals surface area contributed by atoms with Crippen LogP contribution in [0.25, 0.3) is 0 Å². The highest BCUT2D eigenvalue weighted by molar-refractivity contribution is 6.32. The van der Waals surface area contributed by atoms with Gasteiger partial charge in [-0.3, -0.25) is 15.0 Å². The number of benzene rings is 1. The molecule has 1 unspecified atom stereocenters. The normalized spacial score (nSPS) is 16.9. The molecule has 1 atom stereocenters. The third-order valence-electron chi connectivity index (χ3n) is 5.28. The van der Waals surface area contributed by atoms with E-state index >= 15 is 0 Å². The number of rotatable bonds is 10. The van der Waals surface area contributed by atoms with E-state index in [1.54, 1.807) is 6.07 Å². The molecule has 9 nitrogen and oxygen atoms in total. The van der Waals surface area contributed by atoms with E-state index in [9.17, 15) is 15.2 Å². The van der Waals surface area contributed by atoms with Crippen LogP contribution in [0.15, 0.2) is 34.7 Å². The van der Waals surface area contributed by atoms with E-state index in [1.165, 1.54) is 20.3 Å². The van der Waals surface area contributed by atoms with E-state index in [2.05, 4.69) is 9.80 Å². The molecule has 1 aliphatic rings. The standard InChI is InChI=1S/C22H32ClN3O6/c1-6-17(21(23)19(27)7-2)25-10-8-24(9-11-25)14-15(3)32-16-12-18(26(28)29)22(31-5)20(13-16)30-4/h6,12-13,15,27H,7-11,14H2,1-5H3/b17-6+,21-19-. The predicted octanol–water partition coefficient (Wildman–Crippen LogP) is 4.32. The molecule has 178 valence electrons. The average Bonchev–Trinajstić information content (AvgIpc) is 2.79. The van der Waals surface area contributed by atoms with E-state index in [1.807, 2.05) is 26.8 Å².